The van der Waals surface area contributed by atoms with Gasteiger partial charge in [-0.2, -0.15) is 0 Å². The fourth-order valence-electron chi connectivity index (χ4n) is 1.23. The van der Waals surface area contributed by atoms with Crippen molar-refractivity contribution in [2.45, 2.75) is 19.9 Å². The SMILES string of the molecule is CC(C)N(C)CC(=O)Nc1cccc(N)c1. The molecule has 0 aromatic heterocycles. The Bertz CT molecular complexity index is 363. The van der Waals surface area contributed by atoms with E-state index in [2.05, 4.69) is 5.32 Å². The van der Waals surface area contributed by atoms with Crippen LogP contribution in [-0.2, 0) is 4.79 Å². The maximum absolute atomic E-state index is 11.6. The summed E-state index contributed by atoms with van der Waals surface area (Å²) in [5.74, 6) is -0.0261. The minimum Gasteiger partial charge on any atom is -0.399 e. The Labute approximate surface area is 96.4 Å². The highest BCUT2D eigenvalue weighted by Crippen LogP contribution is 2.11. The Morgan fingerprint density at radius 3 is 2.75 bits per heavy atom. The zero-order chi connectivity index (χ0) is 12.1. The van der Waals surface area contributed by atoms with Gasteiger partial charge >= 0.3 is 0 Å². The second kappa shape index (κ2) is 5.51. The van der Waals surface area contributed by atoms with Crippen molar-refractivity contribution in [2.24, 2.45) is 0 Å². The molecule has 0 aliphatic heterocycles. The Hall–Kier alpha value is -1.55. The average Bonchev–Trinajstić information content (AvgIpc) is 2.16. The van der Waals surface area contributed by atoms with Crippen molar-refractivity contribution in [1.82, 2.24) is 4.90 Å². The van der Waals surface area contributed by atoms with Crippen LogP contribution in [0.1, 0.15) is 13.8 Å². The summed E-state index contributed by atoms with van der Waals surface area (Å²) in [5, 5.41) is 2.81. The topological polar surface area (TPSA) is 58.4 Å². The fraction of sp³-hybridized carbons (Fsp3) is 0.417. The Morgan fingerprint density at radius 2 is 2.19 bits per heavy atom. The molecule has 0 spiro atoms. The lowest BCUT2D eigenvalue weighted by molar-refractivity contribution is -0.117. The van der Waals surface area contributed by atoms with Gasteiger partial charge in [0.05, 0.1) is 6.54 Å². The number of nitrogen functional groups attached to an aromatic ring is 1. The van der Waals surface area contributed by atoms with Crippen LogP contribution in [0.4, 0.5) is 11.4 Å². The quantitative estimate of drug-likeness (QED) is 0.758. The molecule has 3 N–H and O–H groups in total. The van der Waals surface area contributed by atoms with Crippen LogP contribution in [0, 0.1) is 0 Å². The molecular formula is C12H19N3O. The molecule has 0 saturated heterocycles. The monoisotopic (exact) mass is 221 g/mol. The fourth-order valence-corrected chi connectivity index (χ4v) is 1.23. The number of hydrogen-bond donors (Lipinski definition) is 2. The van der Waals surface area contributed by atoms with Crippen LogP contribution in [0.5, 0.6) is 0 Å². The molecule has 0 aliphatic carbocycles. The maximum Gasteiger partial charge on any atom is 0.238 e. The summed E-state index contributed by atoms with van der Waals surface area (Å²) in [6.07, 6.45) is 0. The van der Waals surface area contributed by atoms with Crippen LogP contribution in [-0.4, -0.2) is 30.4 Å². The first-order valence-electron chi connectivity index (χ1n) is 5.34. The first-order valence-corrected chi connectivity index (χ1v) is 5.34. The maximum atomic E-state index is 11.6. The highest BCUT2D eigenvalue weighted by atomic mass is 16.2. The molecule has 88 valence electrons. The van der Waals surface area contributed by atoms with Gasteiger partial charge in [-0.25, -0.2) is 0 Å². The lowest BCUT2D eigenvalue weighted by atomic mass is 10.3. The zero-order valence-electron chi connectivity index (χ0n) is 10.0. The molecule has 4 nitrogen and oxygen atoms in total. The van der Waals surface area contributed by atoms with Gasteiger partial charge in [0.25, 0.3) is 0 Å². The Morgan fingerprint density at radius 1 is 1.50 bits per heavy atom. The van der Waals surface area contributed by atoms with Crippen molar-refractivity contribution in [3.8, 4) is 0 Å². The number of rotatable bonds is 4. The van der Waals surface area contributed by atoms with E-state index in [9.17, 15) is 4.79 Å². The molecule has 0 atom stereocenters. The molecule has 0 radical (unpaired) electrons. The van der Waals surface area contributed by atoms with E-state index in [-0.39, 0.29) is 5.91 Å². The largest absolute Gasteiger partial charge is 0.399 e. The summed E-state index contributed by atoms with van der Waals surface area (Å²) in [5.41, 5.74) is 7.01. The number of nitrogens with two attached hydrogens (primary N) is 1. The first kappa shape index (κ1) is 12.5. The average molecular weight is 221 g/mol. The van der Waals surface area contributed by atoms with Crippen molar-refractivity contribution in [3.63, 3.8) is 0 Å². The third kappa shape index (κ3) is 3.90. The highest BCUT2D eigenvalue weighted by Gasteiger charge is 2.09. The molecule has 0 unspecified atom stereocenters. The predicted octanol–water partition coefficient (Wildman–Crippen LogP) is 1.55. The molecule has 16 heavy (non-hydrogen) atoms. The molecule has 1 aromatic rings. The van der Waals surface area contributed by atoms with Gasteiger partial charge in [-0.15, -0.1) is 0 Å². The molecule has 0 fully saturated rings. The number of likely N-dealkylation sites (N-methyl/N-ethyl adjacent to an activating group) is 1. The van der Waals surface area contributed by atoms with Crippen LogP contribution in [0.3, 0.4) is 0 Å². The molecular weight excluding hydrogens is 202 g/mol. The molecule has 0 heterocycles. The number of carbonyl (C=O) groups is 1. The molecule has 4 heteroatoms. The van der Waals surface area contributed by atoms with E-state index in [1.807, 2.05) is 37.9 Å². The lowest BCUT2D eigenvalue weighted by Gasteiger charge is -2.20. The third-order valence-electron chi connectivity index (χ3n) is 2.44. The summed E-state index contributed by atoms with van der Waals surface area (Å²) >= 11 is 0. The smallest absolute Gasteiger partial charge is 0.238 e. The van der Waals surface area contributed by atoms with Crippen molar-refractivity contribution in [1.29, 1.82) is 0 Å². The van der Waals surface area contributed by atoms with E-state index in [1.165, 1.54) is 0 Å². The summed E-state index contributed by atoms with van der Waals surface area (Å²) in [6, 6.07) is 7.52. The number of amides is 1. The van der Waals surface area contributed by atoms with Gasteiger partial charge < -0.3 is 11.1 Å². The third-order valence-corrected chi connectivity index (χ3v) is 2.44. The number of anilines is 2. The lowest BCUT2D eigenvalue weighted by Crippen LogP contribution is -2.34. The van der Waals surface area contributed by atoms with Crippen LogP contribution in [0.15, 0.2) is 24.3 Å². The molecule has 0 aliphatic rings. The van der Waals surface area contributed by atoms with Gasteiger partial charge in [-0.05, 0) is 39.1 Å². The van der Waals surface area contributed by atoms with Gasteiger partial charge in [-0.1, -0.05) is 6.07 Å². The molecule has 1 aromatic carbocycles. The summed E-state index contributed by atoms with van der Waals surface area (Å²) < 4.78 is 0. The summed E-state index contributed by atoms with van der Waals surface area (Å²) in [6.45, 7) is 4.48. The van der Waals surface area contributed by atoms with Crippen LogP contribution in [0.25, 0.3) is 0 Å². The number of hydrogen-bond acceptors (Lipinski definition) is 3. The highest BCUT2D eigenvalue weighted by molar-refractivity contribution is 5.92. The van der Waals surface area contributed by atoms with Crippen LogP contribution >= 0.6 is 0 Å². The number of benzene rings is 1. The predicted molar refractivity (Wildman–Crippen MR) is 67.3 cm³/mol. The standard InChI is InChI=1S/C12H19N3O/c1-9(2)15(3)8-12(16)14-11-6-4-5-10(13)7-11/h4-7,9H,8,13H2,1-3H3,(H,14,16). The summed E-state index contributed by atoms with van der Waals surface area (Å²) in [4.78, 5) is 13.6. The normalized spacial score (nSPS) is 10.8. The van der Waals surface area contributed by atoms with Crippen LogP contribution in [0.2, 0.25) is 0 Å². The zero-order valence-corrected chi connectivity index (χ0v) is 10.0. The number of nitrogens with zero attached hydrogens (tertiary/aromatic N) is 1. The van der Waals surface area contributed by atoms with Gasteiger partial charge in [0.15, 0.2) is 0 Å². The van der Waals surface area contributed by atoms with Crippen LogP contribution < -0.4 is 11.1 Å². The molecule has 0 saturated carbocycles. The molecule has 1 amide bonds. The minimum atomic E-state index is -0.0261. The van der Waals surface area contributed by atoms with Gasteiger partial charge in [0.1, 0.15) is 0 Å². The van der Waals surface area contributed by atoms with E-state index >= 15 is 0 Å². The van der Waals surface area contributed by atoms with E-state index in [1.54, 1.807) is 12.1 Å². The second-order valence-electron chi connectivity index (χ2n) is 4.18. The molecule has 1 rings (SSSR count). The Kier molecular flexibility index (Phi) is 4.31. The van der Waals surface area contributed by atoms with Crippen molar-refractivity contribution < 1.29 is 4.79 Å². The van der Waals surface area contributed by atoms with E-state index in [0.717, 1.165) is 5.69 Å². The van der Waals surface area contributed by atoms with Crippen molar-refractivity contribution >= 4 is 17.3 Å². The van der Waals surface area contributed by atoms with E-state index < -0.39 is 0 Å². The van der Waals surface area contributed by atoms with Gasteiger partial charge in [-0.3, -0.25) is 9.69 Å². The number of nitrogens with one attached hydrogen (secondary N) is 1. The van der Waals surface area contributed by atoms with Gasteiger partial charge in [0, 0.05) is 17.4 Å². The van der Waals surface area contributed by atoms with E-state index in [0.29, 0.717) is 18.3 Å². The molecule has 0 bridgehead atoms. The van der Waals surface area contributed by atoms with E-state index in [4.69, 9.17) is 5.73 Å². The minimum absolute atomic E-state index is 0.0261. The van der Waals surface area contributed by atoms with Crippen molar-refractivity contribution in [3.05, 3.63) is 24.3 Å². The second-order valence-corrected chi connectivity index (χ2v) is 4.18. The Balaban J connectivity index is 2.52. The number of carbonyl (C=O) groups excluding carboxylic acids is 1. The van der Waals surface area contributed by atoms with Gasteiger partial charge in [0.2, 0.25) is 5.91 Å². The van der Waals surface area contributed by atoms with Crippen molar-refractivity contribution in [2.75, 3.05) is 24.6 Å². The first-order chi connectivity index (χ1) is 7.49. The summed E-state index contributed by atoms with van der Waals surface area (Å²) in [7, 11) is 1.92.